The first kappa shape index (κ1) is 22.0. The van der Waals surface area contributed by atoms with Gasteiger partial charge in [-0.1, -0.05) is 13.0 Å². The Kier molecular flexibility index (Phi) is 7.57. The second-order valence-corrected chi connectivity index (χ2v) is 7.66. The largest absolute Gasteiger partial charge is 0.493 e. The summed E-state index contributed by atoms with van der Waals surface area (Å²) < 4.78 is 10.6. The number of carbonyl (C=O) groups is 1. The molecule has 0 bridgehead atoms. The molecule has 1 saturated heterocycles. The zero-order chi connectivity index (χ0) is 21.5. The van der Waals surface area contributed by atoms with Crippen LogP contribution in [-0.4, -0.2) is 57.8 Å². The number of nitrogens with one attached hydrogen (secondary N) is 1. The van der Waals surface area contributed by atoms with Crippen LogP contribution in [0.1, 0.15) is 24.5 Å². The van der Waals surface area contributed by atoms with Crippen LogP contribution in [0.25, 0.3) is 0 Å². The van der Waals surface area contributed by atoms with Crippen LogP contribution in [0.15, 0.2) is 36.4 Å². The third kappa shape index (κ3) is 5.45. The van der Waals surface area contributed by atoms with Crippen LogP contribution in [-0.2, 0) is 11.2 Å². The number of aryl methyl sites for hydroxylation is 2. The first-order valence-electron chi connectivity index (χ1n) is 10.6. The van der Waals surface area contributed by atoms with Gasteiger partial charge in [0.05, 0.1) is 14.2 Å². The van der Waals surface area contributed by atoms with E-state index in [4.69, 9.17) is 9.47 Å². The molecule has 0 aliphatic carbocycles. The number of ether oxygens (including phenoxy) is 2. The van der Waals surface area contributed by atoms with Gasteiger partial charge in [-0.2, -0.15) is 0 Å². The van der Waals surface area contributed by atoms with E-state index in [1.807, 2.05) is 24.3 Å². The van der Waals surface area contributed by atoms with E-state index in [0.29, 0.717) is 24.3 Å². The molecule has 6 heteroatoms. The summed E-state index contributed by atoms with van der Waals surface area (Å²) in [5.74, 6) is 1.39. The summed E-state index contributed by atoms with van der Waals surface area (Å²) in [6, 6.07) is 12.1. The van der Waals surface area contributed by atoms with Crippen molar-refractivity contribution in [2.24, 2.45) is 0 Å². The minimum Gasteiger partial charge on any atom is -0.493 e. The topological polar surface area (TPSA) is 54.0 Å². The van der Waals surface area contributed by atoms with Crippen molar-refractivity contribution in [3.05, 3.63) is 47.5 Å². The highest BCUT2D eigenvalue weighted by atomic mass is 16.5. The van der Waals surface area contributed by atoms with E-state index in [-0.39, 0.29) is 5.91 Å². The minimum absolute atomic E-state index is 0.0113. The van der Waals surface area contributed by atoms with Gasteiger partial charge in [0.25, 0.3) is 0 Å². The van der Waals surface area contributed by atoms with Crippen molar-refractivity contribution in [2.75, 3.05) is 57.2 Å². The number of hydrogen-bond acceptors (Lipinski definition) is 5. The predicted molar refractivity (Wildman–Crippen MR) is 122 cm³/mol. The fourth-order valence-corrected chi connectivity index (χ4v) is 3.81. The molecule has 162 valence electrons. The maximum Gasteiger partial charge on any atom is 0.224 e. The van der Waals surface area contributed by atoms with Crippen molar-refractivity contribution in [1.29, 1.82) is 0 Å². The van der Waals surface area contributed by atoms with E-state index in [9.17, 15) is 4.79 Å². The van der Waals surface area contributed by atoms with E-state index in [1.54, 1.807) is 14.2 Å². The maximum absolute atomic E-state index is 12.5. The van der Waals surface area contributed by atoms with Gasteiger partial charge < -0.3 is 24.6 Å². The molecule has 30 heavy (non-hydrogen) atoms. The highest BCUT2D eigenvalue weighted by Gasteiger charge is 2.16. The highest BCUT2D eigenvalue weighted by Crippen LogP contribution is 2.28. The standard InChI is InChI=1S/C24H33N3O3/c1-5-26-12-14-27(15-13-26)20-8-9-21(18(2)16-20)25-24(28)11-7-19-6-10-22(29-3)23(17-19)30-4/h6,8-10,16-17H,5,7,11-15H2,1-4H3,(H,25,28). The van der Waals surface area contributed by atoms with Crippen molar-refractivity contribution < 1.29 is 14.3 Å². The van der Waals surface area contributed by atoms with Crippen LogP contribution in [0.2, 0.25) is 0 Å². The fourth-order valence-electron chi connectivity index (χ4n) is 3.81. The molecule has 1 aliphatic rings. The Hall–Kier alpha value is -2.73. The van der Waals surface area contributed by atoms with Crippen molar-refractivity contribution in [3.63, 3.8) is 0 Å². The number of anilines is 2. The SMILES string of the molecule is CCN1CCN(c2ccc(NC(=O)CCc3ccc(OC)c(OC)c3)c(C)c2)CC1. The number of amides is 1. The van der Waals surface area contributed by atoms with Gasteiger partial charge >= 0.3 is 0 Å². The van der Waals surface area contributed by atoms with Gasteiger partial charge in [-0.05, 0) is 61.3 Å². The van der Waals surface area contributed by atoms with E-state index in [2.05, 4.69) is 41.1 Å². The Labute approximate surface area is 179 Å². The van der Waals surface area contributed by atoms with Gasteiger partial charge in [-0.15, -0.1) is 0 Å². The van der Waals surface area contributed by atoms with Gasteiger partial charge in [0.15, 0.2) is 11.5 Å². The second-order valence-electron chi connectivity index (χ2n) is 7.66. The molecule has 1 fully saturated rings. The molecule has 2 aromatic rings. The Morgan fingerprint density at radius 1 is 1.00 bits per heavy atom. The number of benzene rings is 2. The molecular weight excluding hydrogens is 378 g/mol. The van der Waals surface area contributed by atoms with Crippen molar-refractivity contribution in [3.8, 4) is 11.5 Å². The number of rotatable bonds is 8. The van der Waals surface area contributed by atoms with Gasteiger partial charge in [0.2, 0.25) is 5.91 Å². The molecule has 1 N–H and O–H groups in total. The van der Waals surface area contributed by atoms with Crippen LogP contribution in [0.5, 0.6) is 11.5 Å². The third-order valence-corrected chi connectivity index (χ3v) is 5.76. The molecule has 0 spiro atoms. The van der Waals surface area contributed by atoms with E-state index in [1.165, 1.54) is 5.69 Å². The molecule has 0 aromatic heterocycles. The predicted octanol–water partition coefficient (Wildman–Crippen LogP) is 3.73. The summed E-state index contributed by atoms with van der Waals surface area (Å²) >= 11 is 0. The lowest BCUT2D eigenvalue weighted by Crippen LogP contribution is -2.46. The summed E-state index contributed by atoms with van der Waals surface area (Å²) in [4.78, 5) is 17.4. The van der Waals surface area contributed by atoms with Crippen LogP contribution < -0.4 is 19.7 Å². The van der Waals surface area contributed by atoms with Crippen molar-refractivity contribution in [1.82, 2.24) is 4.90 Å². The Morgan fingerprint density at radius 3 is 2.37 bits per heavy atom. The second kappa shape index (κ2) is 10.3. The molecule has 0 atom stereocenters. The average molecular weight is 412 g/mol. The van der Waals surface area contributed by atoms with Gasteiger partial charge in [0, 0.05) is 44.0 Å². The van der Waals surface area contributed by atoms with Crippen LogP contribution in [0.3, 0.4) is 0 Å². The van der Waals surface area contributed by atoms with Crippen LogP contribution in [0.4, 0.5) is 11.4 Å². The fraction of sp³-hybridized carbons (Fsp3) is 0.458. The van der Waals surface area contributed by atoms with Gasteiger partial charge in [-0.25, -0.2) is 0 Å². The molecule has 0 unspecified atom stereocenters. The maximum atomic E-state index is 12.5. The lowest BCUT2D eigenvalue weighted by molar-refractivity contribution is -0.116. The quantitative estimate of drug-likeness (QED) is 0.717. The summed E-state index contributed by atoms with van der Waals surface area (Å²) in [5, 5.41) is 3.06. The Bertz CT molecular complexity index is 861. The van der Waals surface area contributed by atoms with E-state index < -0.39 is 0 Å². The molecular formula is C24H33N3O3. The average Bonchev–Trinajstić information content (AvgIpc) is 2.78. The summed E-state index contributed by atoms with van der Waals surface area (Å²) in [6.45, 7) is 9.67. The van der Waals surface area contributed by atoms with E-state index in [0.717, 1.165) is 49.5 Å². The summed E-state index contributed by atoms with van der Waals surface area (Å²) in [7, 11) is 3.23. The monoisotopic (exact) mass is 411 g/mol. The number of piperazine rings is 1. The molecule has 0 saturated carbocycles. The summed E-state index contributed by atoms with van der Waals surface area (Å²) in [5.41, 5.74) is 4.24. The first-order chi connectivity index (χ1) is 14.5. The molecule has 2 aromatic carbocycles. The molecule has 3 rings (SSSR count). The minimum atomic E-state index is 0.0113. The smallest absolute Gasteiger partial charge is 0.224 e. The van der Waals surface area contributed by atoms with E-state index >= 15 is 0 Å². The molecule has 1 heterocycles. The molecule has 1 amide bonds. The molecule has 0 radical (unpaired) electrons. The number of likely N-dealkylation sites (N-methyl/N-ethyl adjacent to an activating group) is 1. The Morgan fingerprint density at radius 2 is 1.73 bits per heavy atom. The Balaban J connectivity index is 1.55. The lowest BCUT2D eigenvalue weighted by Gasteiger charge is -2.35. The number of hydrogen-bond donors (Lipinski definition) is 1. The first-order valence-corrected chi connectivity index (χ1v) is 10.6. The van der Waals surface area contributed by atoms with Crippen molar-refractivity contribution >= 4 is 17.3 Å². The zero-order valence-corrected chi connectivity index (χ0v) is 18.5. The van der Waals surface area contributed by atoms with Crippen LogP contribution >= 0.6 is 0 Å². The summed E-state index contributed by atoms with van der Waals surface area (Å²) in [6.07, 6.45) is 1.06. The lowest BCUT2D eigenvalue weighted by atomic mass is 10.1. The van der Waals surface area contributed by atoms with Crippen LogP contribution in [0, 0.1) is 6.92 Å². The highest BCUT2D eigenvalue weighted by molar-refractivity contribution is 5.91. The third-order valence-electron chi connectivity index (χ3n) is 5.76. The number of nitrogens with zero attached hydrogens (tertiary/aromatic N) is 2. The number of carbonyl (C=O) groups excluding carboxylic acids is 1. The zero-order valence-electron chi connectivity index (χ0n) is 18.5. The normalized spacial score (nSPS) is 14.5. The van der Waals surface area contributed by atoms with Gasteiger partial charge in [0.1, 0.15) is 0 Å². The molecule has 1 aliphatic heterocycles. The van der Waals surface area contributed by atoms with Gasteiger partial charge in [-0.3, -0.25) is 4.79 Å². The molecule has 6 nitrogen and oxygen atoms in total. The number of methoxy groups -OCH3 is 2. The van der Waals surface area contributed by atoms with Crippen molar-refractivity contribution in [2.45, 2.75) is 26.7 Å².